The molecular weight excluding hydrogens is 483 g/mol. The van der Waals surface area contributed by atoms with Crippen molar-refractivity contribution in [2.75, 3.05) is 6.54 Å². The number of carbonyl (C=O) groups excluding carboxylic acids is 1. The summed E-state index contributed by atoms with van der Waals surface area (Å²) in [6.07, 6.45) is 1.14. The molecule has 1 unspecified atom stereocenters. The van der Waals surface area contributed by atoms with Crippen LogP contribution in [-0.4, -0.2) is 28.7 Å². The SMILES string of the molecule is CC(CN[C@H](C)Cc1cccc(CC(=O)NCc2ccc(Cl)c(Cl)c2)c1)c1ccc(O)c(CO)c1. The highest BCUT2D eigenvalue weighted by molar-refractivity contribution is 6.42. The summed E-state index contributed by atoms with van der Waals surface area (Å²) in [5, 5.41) is 26.6. The van der Waals surface area contributed by atoms with Crippen LogP contribution in [0.15, 0.2) is 60.7 Å². The van der Waals surface area contributed by atoms with Gasteiger partial charge in [-0.25, -0.2) is 0 Å². The molecule has 0 spiro atoms. The van der Waals surface area contributed by atoms with Gasteiger partial charge in [-0.15, -0.1) is 0 Å². The lowest BCUT2D eigenvalue weighted by Gasteiger charge is -2.19. The number of hydrogen-bond acceptors (Lipinski definition) is 4. The van der Waals surface area contributed by atoms with E-state index in [1.807, 2.05) is 30.3 Å². The van der Waals surface area contributed by atoms with Crippen LogP contribution < -0.4 is 10.6 Å². The van der Waals surface area contributed by atoms with Crippen molar-refractivity contribution < 1.29 is 15.0 Å². The number of nitrogens with one attached hydrogen (secondary N) is 2. The second-order valence-corrected chi connectivity index (χ2v) is 9.80. The molecule has 1 amide bonds. The number of aliphatic hydroxyl groups is 1. The van der Waals surface area contributed by atoms with Crippen molar-refractivity contribution in [3.63, 3.8) is 0 Å². The first-order chi connectivity index (χ1) is 16.7. The van der Waals surface area contributed by atoms with Crippen molar-refractivity contribution in [2.24, 2.45) is 0 Å². The number of benzene rings is 3. The van der Waals surface area contributed by atoms with E-state index in [2.05, 4.69) is 36.6 Å². The van der Waals surface area contributed by atoms with Crippen molar-refractivity contribution in [3.8, 4) is 5.75 Å². The van der Waals surface area contributed by atoms with E-state index in [-0.39, 0.29) is 30.2 Å². The lowest BCUT2D eigenvalue weighted by atomic mass is 9.97. The minimum absolute atomic E-state index is 0.0515. The van der Waals surface area contributed by atoms with Gasteiger partial charge in [0.2, 0.25) is 5.91 Å². The van der Waals surface area contributed by atoms with E-state index in [0.717, 1.165) is 29.7 Å². The minimum atomic E-state index is -0.180. The molecule has 3 aromatic carbocycles. The molecule has 35 heavy (non-hydrogen) atoms. The number of aliphatic hydroxyl groups excluding tert-OH is 1. The predicted octanol–water partition coefficient (Wildman–Crippen LogP) is 5.37. The number of carbonyl (C=O) groups is 1. The van der Waals surface area contributed by atoms with Gasteiger partial charge in [0.15, 0.2) is 0 Å². The topological polar surface area (TPSA) is 81.6 Å². The zero-order valence-electron chi connectivity index (χ0n) is 20.0. The zero-order chi connectivity index (χ0) is 25.4. The summed E-state index contributed by atoms with van der Waals surface area (Å²) in [6.45, 7) is 5.24. The standard InChI is InChI=1S/C28H32Cl2N2O3/c1-18(23-7-9-27(34)24(14-23)17-33)15-31-19(2)10-20-4-3-5-21(11-20)13-28(35)32-16-22-6-8-25(29)26(30)12-22/h3-9,11-12,14,18-19,31,33-34H,10,13,15-17H2,1-2H3,(H,32,35)/t18?,19-/m1/s1. The Hall–Kier alpha value is -2.57. The van der Waals surface area contributed by atoms with E-state index < -0.39 is 0 Å². The van der Waals surface area contributed by atoms with Crippen LogP contribution in [0.5, 0.6) is 5.75 Å². The largest absolute Gasteiger partial charge is 0.508 e. The molecule has 0 aliphatic carbocycles. The number of rotatable bonds is 11. The first kappa shape index (κ1) is 27.0. The van der Waals surface area contributed by atoms with Gasteiger partial charge in [-0.05, 0) is 65.8 Å². The van der Waals surface area contributed by atoms with Gasteiger partial charge in [-0.3, -0.25) is 4.79 Å². The fourth-order valence-electron chi connectivity index (χ4n) is 3.92. The van der Waals surface area contributed by atoms with E-state index in [1.54, 1.807) is 18.2 Å². The van der Waals surface area contributed by atoms with Crippen molar-refractivity contribution in [3.05, 3.63) is 98.5 Å². The molecule has 0 aromatic heterocycles. The first-order valence-corrected chi connectivity index (χ1v) is 12.4. The molecule has 5 nitrogen and oxygen atoms in total. The highest BCUT2D eigenvalue weighted by Crippen LogP contribution is 2.24. The Kier molecular flexibility index (Phi) is 9.99. The van der Waals surface area contributed by atoms with Crippen molar-refractivity contribution >= 4 is 29.1 Å². The third-order valence-electron chi connectivity index (χ3n) is 5.99. The molecule has 2 atom stereocenters. The molecule has 0 saturated carbocycles. The maximum atomic E-state index is 12.4. The van der Waals surface area contributed by atoms with Gasteiger partial charge in [-0.1, -0.05) is 66.5 Å². The fraction of sp³-hybridized carbons (Fsp3) is 0.321. The Morgan fingerprint density at radius 2 is 1.71 bits per heavy atom. The number of aromatic hydroxyl groups is 1. The van der Waals surface area contributed by atoms with Gasteiger partial charge in [0, 0.05) is 24.7 Å². The molecule has 4 N–H and O–H groups in total. The van der Waals surface area contributed by atoms with Crippen LogP contribution in [0.1, 0.15) is 47.6 Å². The summed E-state index contributed by atoms with van der Waals surface area (Å²) in [5.74, 6) is 0.297. The number of amides is 1. The van der Waals surface area contributed by atoms with Gasteiger partial charge in [0.25, 0.3) is 0 Å². The average molecular weight is 515 g/mol. The lowest BCUT2D eigenvalue weighted by Crippen LogP contribution is -2.31. The molecule has 0 heterocycles. The second kappa shape index (κ2) is 12.9. The molecule has 0 fully saturated rings. The Morgan fingerprint density at radius 3 is 2.46 bits per heavy atom. The van der Waals surface area contributed by atoms with E-state index in [0.29, 0.717) is 28.6 Å². The lowest BCUT2D eigenvalue weighted by molar-refractivity contribution is -0.120. The Bertz CT molecular complexity index is 1150. The maximum absolute atomic E-state index is 12.4. The maximum Gasteiger partial charge on any atom is 0.224 e. The molecule has 186 valence electrons. The average Bonchev–Trinajstić information content (AvgIpc) is 2.83. The predicted molar refractivity (Wildman–Crippen MR) is 142 cm³/mol. The van der Waals surface area contributed by atoms with E-state index >= 15 is 0 Å². The van der Waals surface area contributed by atoms with E-state index in [1.165, 1.54) is 5.56 Å². The molecular formula is C28H32Cl2N2O3. The van der Waals surface area contributed by atoms with Crippen molar-refractivity contribution in [1.82, 2.24) is 10.6 Å². The van der Waals surface area contributed by atoms with E-state index in [9.17, 15) is 15.0 Å². The molecule has 3 aromatic rings. The summed E-state index contributed by atoms with van der Waals surface area (Å²) >= 11 is 12.0. The molecule has 0 aliphatic rings. The van der Waals surface area contributed by atoms with Crippen molar-refractivity contribution in [1.29, 1.82) is 0 Å². The van der Waals surface area contributed by atoms with Gasteiger partial charge < -0.3 is 20.8 Å². The Morgan fingerprint density at radius 1 is 0.943 bits per heavy atom. The summed E-state index contributed by atoms with van der Waals surface area (Å²) in [4.78, 5) is 12.4. The van der Waals surface area contributed by atoms with Gasteiger partial charge in [0.1, 0.15) is 5.75 Å². The molecule has 0 saturated heterocycles. The Labute approximate surface area is 217 Å². The second-order valence-electron chi connectivity index (χ2n) is 8.98. The molecule has 7 heteroatoms. The van der Waals surface area contributed by atoms with Crippen LogP contribution in [0.3, 0.4) is 0 Å². The summed E-state index contributed by atoms with van der Waals surface area (Å²) < 4.78 is 0. The summed E-state index contributed by atoms with van der Waals surface area (Å²) in [6, 6.07) is 19.0. The molecule has 0 aliphatic heterocycles. The van der Waals surface area contributed by atoms with Crippen LogP contribution in [0, 0.1) is 0 Å². The summed E-state index contributed by atoms with van der Waals surface area (Å²) in [5.41, 5.74) is 4.64. The third kappa shape index (κ3) is 8.25. The summed E-state index contributed by atoms with van der Waals surface area (Å²) in [7, 11) is 0. The molecule has 0 radical (unpaired) electrons. The Balaban J connectivity index is 1.48. The van der Waals surface area contributed by atoms with Crippen LogP contribution in [0.2, 0.25) is 10.0 Å². The number of hydrogen-bond donors (Lipinski definition) is 4. The van der Waals surface area contributed by atoms with Gasteiger partial charge in [0.05, 0.1) is 23.1 Å². The van der Waals surface area contributed by atoms with Gasteiger partial charge >= 0.3 is 0 Å². The zero-order valence-corrected chi connectivity index (χ0v) is 21.5. The smallest absolute Gasteiger partial charge is 0.224 e. The normalized spacial score (nSPS) is 12.8. The molecule has 3 rings (SSSR count). The monoisotopic (exact) mass is 514 g/mol. The van der Waals surface area contributed by atoms with Crippen LogP contribution in [0.25, 0.3) is 0 Å². The van der Waals surface area contributed by atoms with Crippen LogP contribution in [-0.2, 0) is 30.8 Å². The van der Waals surface area contributed by atoms with Crippen molar-refractivity contribution in [2.45, 2.75) is 51.8 Å². The van der Waals surface area contributed by atoms with E-state index in [4.69, 9.17) is 23.2 Å². The first-order valence-electron chi connectivity index (χ1n) is 11.7. The van der Waals surface area contributed by atoms with Crippen LogP contribution in [0.4, 0.5) is 0 Å². The fourth-order valence-corrected chi connectivity index (χ4v) is 4.25. The van der Waals surface area contributed by atoms with Gasteiger partial charge in [-0.2, -0.15) is 0 Å². The molecule has 0 bridgehead atoms. The minimum Gasteiger partial charge on any atom is -0.508 e. The highest BCUT2D eigenvalue weighted by Gasteiger charge is 2.12. The quantitative estimate of drug-likeness (QED) is 0.277. The number of phenols is 1. The third-order valence-corrected chi connectivity index (χ3v) is 6.73. The van der Waals surface area contributed by atoms with Crippen LogP contribution >= 0.6 is 23.2 Å². The number of halogens is 2. The highest BCUT2D eigenvalue weighted by atomic mass is 35.5.